The van der Waals surface area contributed by atoms with Gasteiger partial charge in [0, 0.05) is 11.3 Å². The van der Waals surface area contributed by atoms with Crippen molar-refractivity contribution in [3.63, 3.8) is 0 Å². The maximum Gasteiger partial charge on any atom is 0.129 e. The molecule has 0 saturated carbocycles. The number of fused-ring (bicyclic) bond motifs is 1. The first kappa shape index (κ1) is 7.61. The van der Waals surface area contributed by atoms with E-state index in [1.807, 2.05) is 0 Å². The van der Waals surface area contributed by atoms with Crippen molar-refractivity contribution < 1.29 is 4.39 Å². The Morgan fingerprint density at radius 1 is 1.50 bits per heavy atom. The van der Waals surface area contributed by atoms with E-state index in [2.05, 4.69) is 22.6 Å². The Bertz CT molecular complexity index is 410. The Labute approximate surface area is 74.2 Å². The number of hydrogen-bond acceptors (Lipinski definition) is 2. The average molecular weight is 182 g/mol. The van der Waals surface area contributed by atoms with Crippen LogP contribution in [0.3, 0.4) is 0 Å². The third kappa shape index (κ3) is 0.992. The van der Waals surface area contributed by atoms with Gasteiger partial charge in [-0.2, -0.15) is 12.6 Å². The van der Waals surface area contributed by atoms with E-state index >= 15 is 0 Å². The van der Waals surface area contributed by atoms with Crippen molar-refractivity contribution in [2.75, 3.05) is 0 Å². The topological polar surface area (TPSA) is 28.7 Å². The van der Waals surface area contributed by atoms with E-state index in [9.17, 15) is 4.39 Å². The Morgan fingerprint density at radius 3 is 3.08 bits per heavy atom. The lowest BCUT2D eigenvalue weighted by Gasteiger charge is -1.98. The van der Waals surface area contributed by atoms with Crippen molar-refractivity contribution in [3.8, 4) is 0 Å². The fraction of sp³-hybridized carbons (Fsp3) is 0.125. The molecule has 1 aromatic carbocycles. The van der Waals surface area contributed by atoms with Gasteiger partial charge >= 0.3 is 0 Å². The van der Waals surface area contributed by atoms with Crippen LogP contribution >= 0.6 is 12.6 Å². The summed E-state index contributed by atoms with van der Waals surface area (Å²) in [4.78, 5) is 6.92. The van der Waals surface area contributed by atoms with Crippen molar-refractivity contribution in [1.29, 1.82) is 0 Å². The summed E-state index contributed by atoms with van der Waals surface area (Å²) in [6, 6.07) is 3.09. The minimum absolute atomic E-state index is 0.246. The first-order valence-electron chi connectivity index (χ1n) is 3.54. The lowest BCUT2D eigenvalue weighted by molar-refractivity contribution is 0.619. The van der Waals surface area contributed by atoms with Crippen LogP contribution in [-0.4, -0.2) is 9.97 Å². The van der Waals surface area contributed by atoms with Gasteiger partial charge in [-0.05, 0) is 12.1 Å². The zero-order valence-corrected chi connectivity index (χ0v) is 7.11. The van der Waals surface area contributed by atoms with Gasteiger partial charge < -0.3 is 4.98 Å². The van der Waals surface area contributed by atoms with Crippen molar-refractivity contribution in [3.05, 3.63) is 29.8 Å². The first-order chi connectivity index (χ1) is 5.83. The molecule has 2 rings (SSSR count). The van der Waals surface area contributed by atoms with Gasteiger partial charge in [-0.1, -0.05) is 0 Å². The van der Waals surface area contributed by atoms with E-state index in [0.717, 1.165) is 5.52 Å². The Hall–Kier alpha value is -1.03. The highest BCUT2D eigenvalue weighted by molar-refractivity contribution is 7.79. The average Bonchev–Trinajstić information content (AvgIpc) is 2.52. The van der Waals surface area contributed by atoms with Crippen LogP contribution in [0.15, 0.2) is 18.5 Å². The smallest absolute Gasteiger partial charge is 0.129 e. The summed E-state index contributed by atoms with van der Waals surface area (Å²) >= 11 is 4.04. The molecule has 62 valence electrons. The van der Waals surface area contributed by atoms with Crippen LogP contribution in [0, 0.1) is 5.82 Å². The van der Waals surface area contributed by atoms with Crippen molar-refractivity contribution >= 4 is 23.7 Å². The maximum absolute atomic E-state index is 13.1. The molecule has 2 aromatic rings. The lowest BCUT2D eigenvalue weighted by atomic mass is 10.2. The molecule has 0 bridgehead atoms. The fourth-order valence-corrected chi connectivity index (χ4v) is 1.49. The number of nitrogens with one attached hydrogen (secondary N) is 1. The Balaban J connectivity index is 2.83. The molecule has 4 heteroatoms. The van der Waals surface area contributed by atoms with Gasteiger partial charge in [-0.25, -0.2) is 9.37 Å². The molecule has 0 aliphatic rings. The molecule has 1 aromatic heterocycles. The van der Waals surface area contributed by atoms with Crippen LogP contribution in [0.5, 0.6) is 0 Å². The van der Waals surface area contributed by atoms with E-state index in [-0.39, 0.29) is 5.82 Å². The molecular weight excluding hydrogens is 175 g/mol. The van der Waals surface area contributed by atoms with Crippen LogP contribution in [-0.2, 0) is 5.75 Å². The number of halogens is 1. The molecule has 2 nitrogen and oxygen atoms in total. The summed E-state index contributed by atoms with van der Waals surface area (Å²) in [6.07, 6.45) is 1.55. The number of benzene rings is 1. The van der Waals surface area contributed by atoms with E-state index in [1.165, 1.54) is 6.07 Å². The summed E-state index contributed by atoms with van der Waals surface area (Å²) in [5.41, 5.74) is 2.07. The summed E-state index contributed by atoms with van der Waals surface area (Å²) in [7, 11) is 0. The molecule has 0 saturated heterocycles. The molecule has 0 unspecified atom stereocenters. The molecule has 0 amide bonds. The van der Waals surface area contributed by atoms with Crippen molar-refractivity contribution in [2.24, 2.45) is 0 Å². The number of rotatable bonds is 1. The SMILES string of the molecule is Fc1ccc2[nH]cnc2c1CS. The number of hydrogen-bond donors (Lipinski definition) is 2. The summed E-state index contributed by atoms with van der Waals surface area (Å²) in [6.45, 7) is 0. The molecule has 0 aliphatic heterocycles. The molecule has 12 heavy (non-hydrogen) atoms. The second kappa shape index (κ2) is 2.79. The molecule has 0 fully saturated rings. The second-order valence-corrected chi connectivity index (χ2v) is 2.80. The predicted molar refractivity (Wildman–Crippen MR) is 48.7 cm³/mol. The van der Waals surface area contributed by atoms with Crippen molar-refractivity contribution in [2.45, 2.75) is 5.75 Å². The normalized spacial score (nSPS) is 10.8. The molecule has 1 N–H and O–H groups in total. The molecular formula is C8H7FN2S. The third-order valence-electron chi connectivity index (χ3n) is 1.80. The summed E-state index contributed by atoms with van der Waals surface area (Å²) < 4.78 is 13.1. The van der Waals surface area contributed by atoms with Gasteiger partial charge in [-0.15, -0.1) is 0 Å². The second-order valence-electron chi connectivity index (χ2n) is 2.48. The Morgan fingerprint density at radius 2 is 2.33 bits per heavy atom. The van der Waals surface area contributed by atoms with E-state index < -0.39 is 0 Å². The lowest BCUT2D eigenvalue weighted by Crippen LogP contribution is -1.87. The van der Waals surface area contributed by atoms with Crippen LogP contribution in [0.2, 0.25) is 0 Å². The van der Waals surface area contributed by atoms with Gasteiger partial charge in [0.25, 0.3) is 0 Å². The number of H-pyrrole nitrogens is 1. The quantitative estimate of drug-likeness (QED) is 0.650. The fourth-order valence-electron chi connectivity index (χ4n) is 1.19. The predicted octanol–water partition coefficient (Wildman–Crippen LogP) is 2.13. The minimum Gasteiger partial charge on any atom is -0.345 e. The minimum atomic E-state index is -0.246. The summed E-state index contributed by atoms with van der Waals surface area (Å²) in [5.74, 6) is 0.123. The van der Waals surface area contributed by atoms with Gasteiger partial charge in [0.2, 0.25) is 0 Å². The zero-order chi connectivity index (χ0) is 8.55. The van der Waals surface area contributed by atoms with Crippen LogP contribution < -0.4 is 0 Å². The molecule has 0 atom stereocenters. The number of imidazole rings is 1. The highest BCUT2D eigenvalue weighted by Crippen LogP contribution is 2.19. The van der Waals surface area contributed by atoms with Gasteiger partial charge in [0.05, 0.1) is 17.4 Å². The highest BCUT2D eigenvalue weighted by Gasteiger charge is 2.06. The summed E-state index contributed by atoms with van der Waals surface area (Å²) in [5, 5.41) is 0. The number of nitrogens with zero attached hydrogens (tertiary/aromatic N) is 1. The van der Waals surface area contributed by atoms with Crippen LogP contribution in [0.1, 0.15) is 5.56 Å². The van der Waals surface area contributed by atoms with Gasteiger partial charge in [-0.3, -0.25) is 0 Å². The largest absolute Gasteiger partial charge is 0.345 e. The standard InChI is InChI=1S/C8H7FN2S/c9-6-1-2-7-8(5(6)3-12)11-4-10-7/h1-2,4,12H,3H2,(H,10,11). The molecule has 0 radical (unpaired) electrons. The molecule has 0 aliphatic carbocycles. The van der Waals surface area contributed by atoms with E-state index in [4.69, 9.17) is 0 Å². The monoisotopic (exact) mass is 182 g/mol. The number of aromatic amines is 1. The highest BCUT2D eigenvalue weighted by atomic mass is 32.1. The molecule has 1 heterocycles. The van der Waals surface area contributed by atoms with Crippen LogP contribution in [0.4, 0.5) is 4.39 Å². The first-order valence-corrected chi connectivity index (χ1v) is 4.17. The zero-order valence-electron chi connectivity index (χ0n) is 6.21. The van der Waals surface area contributed by atoms with Crippen LogP contribution in [0.25, 0.3) is 11.0 Å². The van der Waals surface area contributed by atoms with Gasteiger partial charge in [0.1, 0.15) is 5.82 Å². The maximum atomic E-state index is 13.1. The van der Waals surface area contributed by atoms with Gasteiger partial charge in [0.15, 0.2) is 0 Å². The molecule has 0 spiro atoms. The number of aromatic nitrogens is 2. The van der Waals surface area contributed by atoms with E-state index in [1.54, 1.807) is 12.4 Å². The van der Waals surface area contributed by atoms with E-state index in [0.29, 0.717) is 16.8 Å². The third-order valence-corrected chi connectivity index (χ3v) is 2.11. The van der Waals surface area contributed by atoms with Crippen molar-refractivity contribution in [1.82, 2.24) is 9.97 Å². The Kier molecular flexibility index (Phi) is 1.77. The number of thiol groups is 1.